The molecule has 0 radical (unpaired) electrons. The number of carbonyl (C=O) groups is 2. The monoisotopic (exact) mass is 355 g/mol. The Kier molecular flexibility index (Phi) is 6.06. The van der Waals surface area contributed by atoms with Crippen LogP contribution in [0.1, 0.15) is 46.5 Å². The molecule has 0 saturated carbocycles. The maximum absolute atomic E-state index is 12.5. The van der Waals surface area contributed by atoms with E-state index in [-0.39, 0.29) is 23.2 Å². The molecule has 2 rings (SSSR count). The molecule has 2 aromatic carbocycles. The molecule has 0 aromatic heterocycles. The summed E-state index contributed by atoms with van der Waals surface area (Å²) in [4.78, 5) is 35.3. The van der Waals surface area contributed by atoms with Crippen molar-refractivity contribution in [2.24, 2.45) is 0 Å². The summed E-state index contributed by atoms with van der Waals surface area (Å²) >= 11 is 0. The van der Waals surface area contributed by atoms with Gasteiger partial charge >= 0.3 is 0 Å². The molecule has 7 heteroatoms. The van der Waals surface area contributed by atoms with E-state index < -0.39 is 10.8 Å². The third kappa shape index (κ3) is 4.44. The van der Waals surface area contributed by atoms with Crippen molar-refractivity contribution in [3.8, 4) is 0 Å². The van der Waals surface area contributed by atoms with Gasteiger partial charge in [-0.3, -0.25) is 19.7 Å². The maximum atomic E-state index is 12.5. The molecule has 0 saturated heterocycles. The minimum absolute atomic E-state index is 0.0172. The van der Waals surface area contributed by atoms with Crippen LogP contribution in [0.4, 0.5) is 11.4 Å². The average Bonchev–Trinajstić information content (AvgIpc) is 2.61. The van der Waals surface area contributed by atoms with Gasteiger partial charge < -0.3 is 10.6 Å². The number of carbonyl (C=O) groups excluding carboxylic acids is 2. The fourth-order valence-corrected chi connectivity index (χ4v) is 2.39. The Balaban J connectivity index is 2.23. The van der Waals surface area contributed by atoms with Crippen LogP contribution in [-0.4, -0.2) is 22.8 Å². The van der Waals surface area contributed by atoms with E-state index in [4.69, 9.17) is 0 Å². The Labute approximate surface area is 151 Å². The van der Waals surface area contributed by atoms with Crippen LogP contribution < -0.4 is 10.6 Å². The van der Waals surface area contributed by atoms with Crippen LogP contribution in [0.3, 0.4) is 0 Å². The van der Waals surface area contributed by atoms with Gasteiger partial charge in [0.05, 0.1) is 16.2 Å². The summed E-state index contributed by atoms with van der Waals surface area (Å²) in [5.41, 5.74) is 1.37. The third-order valence-corrected chi connectivity index (χ3v) is 4.07. The molecule has 0 aliphatic carbocycles. The number of amides is 2. The van der Waals surface area contributed by atoms with Crippen molar-refractivity contribution >= 4 is 23.2 Å². The summed E-state index contributed by atoms with van der Waals surface area (Å²) in [6, 6.07) is 10.9. The fourth-order valence-electron chi connectivity index (χ4n) is 2.39. The molecule has 136 valence electrons. The number of nitro groups is 1. The quantitative estimate of drug-likeness (QED) is 0.609. The normalized spacial score (nSPS) is 11.5. The highest BCUT2D eigenvalue weighted by atomic mass is 16.6. The summed E-state index contributed by atoms with van der Waals surface area (Å²) in [7, 11) is 0. The first-order valence-electron chi connectivity index (χ1n) is 8.29. The Morgan fingerprint density at radius 3 is 2.46 bits per heavy atom. The smallest absolute Gasteiger partial charge is 0.272 e. The zero-order valence-corrected chi connectivity index (χ0v) is 14.9. The third-order valence-electron chi connectivity index (χ3n) is 4.07. The number of hydrogen-bond acceptors (Lipinski definition) is 4. The highest BCUT2D eigenvalue weighted by Crippen LogP contribution is 2.21. The lowest BCUT2D eigenvalue weighted by Crippen LogP contribution is -2.32. The van der Waals surface area contributed by atoms with E-state index in [0.29, 0.717) is 16.8 Å². The van der Waals surface area contributed by atoms with E-state index in [0.717, 1.165) is 6.42 Å². The number of anilines is 1. The predicted molar refractivity (Wildman–Crippen MR) is 99.4 cm³/mol. The van der Waals surface area contributed by atoms with Crippen LogP contribution in [0, 0.1) is 17.0 Å². The van der Waals surface area contributed by atoms with Crippen molar-refractivity contribution in [1.29, 1.82) is 0 Å². The van der Waals surface area contributed by atoms with Gasteiger partial charge in [0.15, 0.2) is 0 Å². The van der Waals surface area contributed by atoms with Crippen LogP contribution in [0.5, 0.6) is 0 Å². The van der Waals surface area contributed by atoms with Crippen LogP contribution in [0.2, 0.25) is 0 Å². The minimum atomic E-state index is -0.494. The highest BCUT2D eigenvalue weighted by Gasteiger charge is 2.17. The zero-order valence-electron chi connectivity index (χ0n) is 14.9. The Hall–Kier alpha value is -3.22. The average molecular weight is 355 g/mol. The largest absolute Gasteiger partial charge is 0.350 e. The van der Waals surface area contributed by atoms with E-state index in [9.17, 15) is 19.7 Å². The van der Waals surface area contributed by atoms with E-state index in [1.165, 1.54) is 18.2 Å². The molecule has 2 N–H and O–H groups in total. The van der Waals surface area contributed by atoms with Crippen LogP contribution in [0.25, 0.3) is 0 Å². The standard InChI is InChI=1S/C19H21N3O4/c1-4-13(3)20-19(24)15-7-5-6-8-16(15)21-18(23)14-9-10-17(22(25)26)12(2)11-14/h5-11,13H,4H2,1-3H3,(H,20,24)(H,21,23)/t13-/m1/s1. The lowest BCUT2D eigenvalue weighted by molar-refractivity contribution is -0.385. The van der Waals surface area contributed by atoms with Crippen LogP contribution in [-0.2, 0) is 0 Å². The second kappa shape index (κ2) is 8.24. The molecule has 0 spiro atoms. The van der Waals surface area contributed by atoms with Gasteiger partial charge in [0, 0.05) is 23.2 Å². The van der Waals surface area contributed by atoms with Gasteiger partial charge in [-0.25, -0.2) is 0 Å². The lowest BCUT2D eigenvalue weighted by atomic mass is 10.1. The zero-order chi connectivity index (χ0) is 19.3. The van der Waals surface area contributed by atoms with E-state index in [1.54, 1.807) is 31.2 Å². The first kappa shape index (κ1) is 19.1. The molecule has 0 unspecified atom stereocenters. The van der Waals surface area contributed by atoms with E-state index in [2.05, 4.69) is 10.6 Å². The topological polar surface area (TPSA) is 101 Å². The van der Waals surface area contributed by atoms with Gasteiger partial charge in [-0.1, -0.05) is 19.1 Å². The van der Waals surface area contributed by atoms with Crippen molar-refractivity contribution in [2.75, 3.05) is 5.32 Å². The lowest BCUT2D eigenvalue weighted by Gasteiger charge is -2.14. The number of nitrogens with one attached hydrogen (secondary N) is 2. The van der Waals surface area contributed by atoms with Gasteiger partial charge in [0.25, 0.3) is 17.5 Å². The molecule has 0 aliphatic heterocycles. The molecular weight excluding hydrogens is 334 g/mol. The number of rotatable bonds is 6. The van der Waals surface area contributed by atoms with E-state index >= 15 is 0 Å². The summed E-state index contributed by atoms with van der Waals surface area (Å²) in [6.45, 7) is 5.44. The summed E-state index contributed by atoms with van der Waals surface area (Å²) in [5, 5.41) is 16.5. The molecule has 2 aromatic rings. The van der Waals surface area contributed by atoms with Gasteiger partial charge in [-0.15, -0.1) is 0 Å². The second-order valence-corrected chi connectivity index (χ2v) is 6.04. The summed E-state index contributed by atoms with van der Waals surface area (Å²) < 4.78 is 0. The number of benzene rings is 2. The molecule has 0 bridgehead atoms. The molecular formula is C19H21N3O4. The van der Waals surface area contributed by atoms with Crippen molar-refractivity contribution in [1.82, 2.24) is 5.32 Å². The van der Waals surface area contributed by atoms with Crippen molar-refractivity contribution in [3.63, 3.8) is 0 Å². The summed E-state index contributed by atoms with van der Waals surface area (Å²) in [6.07, 6.45) is 0.794. The van der Waals surface area contributed by atoms with Crippen LogP contribution >= 0.6 is 0 Å². The van der Waals surface area contributed by atoms with Gasteiger partial charge in [0.1, 0.15) is 0 Å². The van der Waals surface area contributed by atoms with Gasteiger partial charge in [-0.05, 0) is 44.5 Å². The fraction of sp³-hybridized carbons (Fsp3) is 0.263. The highest BCUT2D eigenvalue weighted by molar-refractivity contribution is 6.09. The van der Waals surface area contributed by atoms with E-state index in [1.807, 2.05) is 13.8 Å². The first-order valence-corrected chi connectivity index (χ1v) is 8.29. The van der Waals surface area contributed by atoms with Crippen LogP contribution in [0.15, 0.2) is 42.5 Å². The maximum Gasteiger partial charge on any atom is 0.272 e. The van der Waals surface area contributed by atoms with Crippen molar-refractivity contribution < 1.29 is 14.5 Å². The number of para-hydroxylation sites is 1. The number of hydrogen-bond donors (Lipinski definition) is 2. The molecule has 2 amide bonds. The number of nitrogens with zero attached hydrogens (tertiary/aromatic N) is 1. The molecule has 0 heterocycles. The molecule has 1 atom stereocenters. The minimum Gasteiger partial charge on any atom is -0.350 e. The number of aryl methyl sites for hydroxylation is 1. The second-order valence-electron chi connectivity index (χ2n) is 6.04. The van der Waals surface area contributed by atoms with Gasteiger partial charge in [-0.2, -0.15) is 0 Å². The molecule has 0 fully saturated rings. The first-order chi connectivity index (χ1) is 12.3. The molecule has 7 nitrogen and oxygen atoms in total. The molecule has 0 aliphatic rings. The summed E-state index contributed by atoms with van der Waals surface area (Å²) in [5.74, 6) is -0.707. The number of nitro benzene ring substituents is 1. The van der Waals surface area contributed by atoms with Crippen molar-refractivity contribution in [2.45, 2.75) is 33.2 Å². The Morgan fingerprint density at radius 2 is 1.85 bits per heavy atom. The van der Waals surface area contributed by atoms with Crippen molar-refractivity contribution in [3.05, 3.63) is 69.3 Å². The van der Waals surface area contributed by atoms with Gasteiger partial charge in [0.2, 0.25) is 0 Å². The molecule has 26 heavy (non-hydrogen) atoms. The Bertz CT molecular complexity index is 848. The SMILES string of the molecule is CC[C@@H](C)NC(=O)c1ccccc1NC(=O)c1ccc([N+](=O)[O-])c(C)c1. The predicted octanol–water partition coefficient (Wildman–Crippen LogP) is 3.68. The Morgan fingerprint density at radius 1 is 1.15 bits per heavy atom.